The van der Waals surface area contributed by atoms with Crippen molar-refractivity contribution < 1.29 is 8.42 Å². The number of nitrogens with two attached hydrogens (primary N) is 1. The highest BCUT2D eigenvalue weighted by atomic mass is 32.2. The summed E-state index contributed by atoms with van der Waals surface area (Å²) in [6.45, 7) is 2.37. The van der Waals surface area contributed by atoms with Crippen molar-refractivity contribution in [3.63, 3.8) is 0 Å². The molecule has 1 aromatic carbocycles. The summed E-state index contributed by atoms with van der Waals surface area (Å²) in [4.78, 5) is 0.257. The first-order chi connectivity index (χ1) is 9.90. The van der Waals surface area contributed by atoms with Crippen molar-refractivity contribution in [2.75, 3.05) is 11.4 Å². The van der Waals surface area contributed by atoms with Gasteiger partial charge in [0.05, 0.1) is 5.69 Å². The third-order valence-corrected chi connectivity index (χ3v) is 5.41. The van der Waals surface area contributed by atoms with Gasteiger partial charge in [-0.3, -0.25) is 4.31 Å². The van der Waals surface area contributed by atoms with Crippen molar-refractivity contribution in [2.45, 2.75) is 24.8 Å². The van der Waals surface area contributed by atoms with Crippen LogP contribution in [0.4, 0.5) is 5.69 Å². The van der Waals surface area contributed by atoms with E-state index in [0.29, 0.717) is 12.2 Å². The van der Waals surface area contributed by atoms with Gasteiger partial charge >= 0.3 is 0 Å². The highest BCUT2D eigenvalue weighted by Gasteiger charge is 2.23. The Balaban J connectivity index is 2.36. The van der Waals surface area contributed by atoms with Crippen LogP contribution in [-0.4, -0.2) is 20.0 Å². The highest BCUT2D eigenvalue weighted by Crippen LogP contribution is 2.23. The molecule has 0 saturated carbocycles. The Kier molecular flexibility index (Phi) is 4.39. The summed E-state index contributed by atoms with van der Waals surface area (Å²) >= 11 is 0. The van der Waals surface area contributed by atoms with Crippen LogP contribution >= 0.6 is 0 Å². The summed E-state index contributed by atoms with van der Waals surface area (Å²) in [6.07, 6.45) is 2.52. The predicted molar refractivity (Wildman–Crippen MR) is 84.7 cm³/mol. The maximum atomic E-state index is 12.6. The molecule has 1 aromatic heterocycles. The minimum absolute atomic E-state index is 0.257. The van der Waals surface area contributed by atoms with Crippen molar-refractivity contribution in [3.8, 4) is 0 Å². The Bertz CT molecular complexity index is 718. The van der Waals surface area contributed by atoms with Gasteiger partial charge in [-0.1, -0.05) is 19.1 Å². The number of rotatable bonds is 5. The summed E-state index contributed by atoms with van der Waals surface area (Å²) in [5, 5.41) is 0. The molecule has 5 nitrogen and oxygen atoms in total. The molecule has 114 valence electrons. The van der Waals surface area contributed by atoms with Crippen molar-refractivity contribution in [1.29, 1.82) is 0 Å². The van der Waals surface area contributed by atoms with E-state index in [0.717, 1.165) is 12.1 Å². The van der Waals surface area contributed by atoms with E-state index in [4.69, 9.17) is 5.73 Å². The minimum atomic E-state index is -3.57. The number of benzene rings is 1. The van der Waals surface area contributed by atoms with Crippen LogP contribution in [0.5, 0.6) is 0 Å². The summed E-state index contributed by atoms with van der Waals surface area (Å²) in [7, 11) is -0.217. The molecule has 21 heavy (non-hydrogen) atoms. The van der Waals surface area contributed by atoms with E-state index >= 15 is 0 Å². The van der Waals surface area contributed by atoms with E-state index in [-0.39, 0.29) is 4.90 Å². The average molecular weight is 307 g/mol. The third-order valence-electron chi connectivity index (χ3n) is 3.66. The molecule has 0 amide bonds. The van der Waals surface area contributed by atoms with Gasteiger partial charge in [-0.05, 0) is 30.2 Å². The van der Waals surface area contributed by atoms with Crippen LogP contribution in [0.2, 0.25) is 0 Å². The lowest BCUT2D eigenvalue weighted by molar-refractivity contribution is 0.594. The molecule has 0 fully saturated rings. The molecule has 0 bridgehead atoms. The number of aromatic nitrogens is 1. The van der Waals surface area contributed by atoms with Crippen LogP contribution in [0.3, 0.4) is 0 Å². The van der Waals surface area contributed by atoms with Crippen molar-refractivity contribution in [3.05, 3.63) is 47.8 Å². The molecule has 0 aliphatic heterocycles. The zero-order valence-corrected chi connectivity index (χ0v) is 13.4. The Morgan fingerprint density at radius 3 is 2.33 bits per heavy atom. The fraction of sp³-hybridized carbons (Fsp3) is 0.333. The van der Waals surface area contributed by atoms with E-state index in [1.54, 1.807) is 30.9 Å². The minimum Gasteiger partial charge on any atom is -0.352 e. The van der Waals surface area contributed by atoms with Crippen molar-refractivity contribution in [1.82, 2.24) is 4.57 Å². The molecule has 0 aliphatic rings. The average Bonchev–Trinajstić information content (AvgIpc) is 2.88. The number of hydrogen-bond acceptors (Lipinski definition) is 3. The molecular formula is C15H21N3O2S. The van der Waals surface area contributed by atoms with Gasteiger partial charge in [-0.2, -0.15) is 0 Å². The Hall–Kier alpha value is -1.79. The second-order valence-electron chi connectivity index (χ2n) is 4.97. The first-order valence-corrected chi connectivity index (χ1v) is 8.27. The third kappa shape index (κ3) is 2.96. The molecule has 0 radical (unpaired) electrons. The fourth-order valence-corrected chi connectivity index (χ4v) is 3.45. The highest BCUT2D eigenvalue weighted by molar-refractivity contribution is 7.92. The molecule has 6 heteroatoms. The van der Waals surface area contributed by atoms with Crippen LogP contribution < -0.4 is 10.0 Å². The van der Waals surface area contributed by atoms with Gasteiger partial charge in [0.25, 0.3) is 10.0 Å². The second kappa shape index (κ2) is 5.91. The largest absolute Gasteiger partial charge is 0.352 e. The molecule has 0 aliphatic carbocycles. The standard InChI is InChI=1S/C15H21N3O2S/c1-4-12-5-7-13(8-6-12)18(3)21(19,20)15-9-14(10-16)17(2)11-15/h5-9,11H,4,10,16H2,1-3H3. The summed E-state index contributed by atoms with van der Waals surface area (Å²) in [5.74, 6) is 0. The van der Waals surface area contributed by atoms with Gasteiger partial charge in [0.1, 0.15) is 4.90 Å². The maximum Gasteiger partial charge on any atom is 0.265 e. The van der Waals surface area contributed by atoms with Gasteiger partial charge in [0, 0.05) is 32.5 Å². The first kappa shape index (κ1) is 15.6. The van der Waals surface area contributed by atoms with E-state index in [1.165, 1.54) is 9.87 Å². The normalized spacial score (nSPS) is 11.6. The quantitative estimate of drug-likeness (QED) is 0.917. The lowest BCUT2D eigenvalue weighted by Crippen LogP contribution is -2.26. The van der Waals surface area contributed by atoms with E-state index in [2.05, 4.69) is 6.92 Å². The number of aryl methyl sites for hydroxylation is 2. The fourth-order valence-electron chi connectivity index (χ4n) is 2.16. The van der Waals surface area contributed by atoms with Crippen molar-refractivity contribution in [2.24, 2.45) is 12.8 Å². The molecule has 0 atom stereocenters. The predicted octanol–water partition coefficient (Wildman–Crippen LogP) is 1.87. The van der Waals surface area contributed by atoms with Crippen LogP contribution in [0, 0.1) is 0 Å². The monoisotopic (exact) mass is 307 g/mol. The number of sulfonamides is 1. The van der Waals surface area contributed by atoms with E-state index in [9.17, 15) is 8.42 Å². The molecule has 0 saturated heterocycles. The SMILES string of the molecule is CCc1ccc(N(C)S(=O)(=O)c2cc(CN)n(C)c2)cc1. The van der Waals surface area contributed by atoms with Crippen LogP contribution in [-0.2, 0) is 30.0 Å². The van der Waals surface area contributed by atoms with Gasteiger partial charge < -0.3 is 10.3 Å². The van der Waals surface area contributed by atoms with Gasteiger partial charge in [-0.25, -0.2) is 8.42 Å². The van der Waals surface area contributed by atoms with Crippen LogP contribution in [0.1, 0.15) is 18.2 Å². The Morgan fingerprint density at radius 2 is 1.86 bits per heavy atom. The molecule has 1 heterocycles. The molecule has 2 aromatic rings. The van der Waals surface area contributed by atoms with Gasteiger partial charge in [0.2, 0.25) is 0 Å². The lowest BCUT2D eigenvalue weighted by Gasteiger charge is -2.19. The topological polar surface area (TPSA) is 68.3 Å². The number of hydrogen-bond donors (Lipinski definition) is 1. The summed E-state index contributed by atoms with van der Waals surface area (Å²) in [6, 6.07) is 9.15. The van der Waals surface area contributed by atoms with Gasteiger partial charge in [0.15, 0.2) is 0 Å². The van der Waals surface area contributed by atoms with Gasteiger partial charge in [-0.15, -0.1) is 0 Å². The second-order valence-corrected chi connectivity index (χ2v) is 6.94. The molecular weight excluding hydrogens is 286 g/mol. The lowest BCUT2D eigenvalue weighted by atomic mass is 10.1. The number of anilines is 1. The zero-order valence-electron chi connectivity index (χ0n) is 12.6. The maximum absolute atomic E-state index is 12.6. The van der Waals surface area contributed by atoms with E-state index < -0.39 is 10.0 Å². The number of nitrogens with zero attached hydrogens (tertiary/aromatic N) is 2. The first-order valence-electron chi connectivity index (χ1n) is 6.83. The zero-order chi connectivity index (χ0) is 15.6. The van der Waals surface area contributed by atoms with Crippen molar-refractivity contribution >= 4 is 15.7 Å². The smallest absolute Gasteiger partial charge is 0.265 e. The molecule has 0 spiro atoms. The van der Waals surface area contributed by atoms with Crippen LogP contribution in [0.15, 0.2) is 41.4 Å². The molecule has 2 rings (SSSR count). The molecule has 0 unspecified atom stereocenters. The Morgan fingerprint density at radius 1 is 1.24 bits per heavy atom. The summed E-state index contributed by atoms with van der Waals surface area (Å²) < 4.78 is 28.3. The van der Waals surface area contributed by atoms with Crippen LogP contribution in [0.25, 0.3) is 0 Å². The van der Waals surface area contributed by atoms with E-state index in [1.807, 2.05) is 24.3 Å². The Labute approximate surface area is 126 Å². The summed E-state index contributed by atoms with van der Waals surface area (Å²) in [5.41, 5.74) is 8.20. The molecule has 2 N–H and O–H groups in total.